The molecule has 7 nitrogen and oxygen atoms in total. The Morgan fingerprint density at radius 3 is 2.21 bits per heavy atom. The molecule has 0 bridgehead atoms. The molecule has 7 heteroatoms. The van der Waals surface area contributed by atoms with Gasteiger partial charge in [0.15, 0.2) is 0 Å². The predicted octanol–water partition coefficient (Wildman–Crippen LogP) is 1.51. The van der Waals surface area contributed by atoms with Gasteiger partial charge in [0.1, 0.15) is 17.5 Å². The van der Waals surface area contributed by atoms with E-state index in [1.807, 2.05) is 0 Å². The lowest BCUT2D eigenvalue weighted by molar-refractivity contribution is -0.396. The van der Waals surface area contributed by atoms with Crippen LogP contribution in [0.1, 0.15) is 11.3 Å². The maximum absolute atomic E-state index is 10.6. The van der Waals surface area contributed by atoms with E-state index in [1.54, 1.807) is 0 Å². The molecule has 0 radical (unpaired) electrons. The first kappa shape index (κ1) is 10.0. The van der Waals surface area contributed by atoms with E-state index in [4.69, 9.17) is 0 Å². The Hall–Kier alpha value is -2.05. The fourth-order valence-corrected chi connectivity index (χ4v) is 1.16. The Kier molecular flexibility index (Phi) is 2.41. The first-order valence-electron chi connectivity index (χ1n) is 3.70. The van der Waals surface area contributed by atoms with Crippen LogP contribution in [0.4, 0.5) is 11.4 Å². The Balaban J connectivity index is 3.49. The molecule has 0 aromatic carbocycles. The monoisotopic (exact) mass is 197 g/mol. The Morgan fingerprint density at radius 2 is 1.79 bits per heavy atom. The Bertz CT molecular complexity index is 416. The molecule has 14 heavy (non-hydrogen) atoms. The van der Waals surface area contributed by atoms with Gasteiger partial charge < -0.3 is 0 Å². The van der Waals surface area contributed by atoms with E-state index >= 15 is 0 Å². The highest BCUT2D eigenvalue weighted by atomic mass is 16.6. The summed E-state index contributed by atoms with van der Waals surface area (Å²) in [6, 6.07) is 0. The molecule has 0 spiro atoms. The normalized spacial score (nSPS) is 9.86. The highest BCUT2D eigenvalue weighted by Crippen LogP contribution is 2.28. The standard InChI is InChI=1S/C7H7N3O4/c1-4-6(9(11)12)3-8-5(2)7(4)10(13)14/h3H,1-2H3. The van der Waals surface area contributed by atoms with Crippen molar-refractivity contribution in [1.29, 1.82) is 0 Å². The molecule has 0 saturated heterocycles. The average Bonchev–Trinajstić information content (AvgIpc) is 2.02. The zero-order valence-electron chi connectivity index (χ0n) is 7.55. The van der Waals surface area contributed by atoms with Gasteiger partial charge in [0.25, 0.3) is 11.4 Å². The van der Waals surface area contributed by atoms with Crippen LogP contribution in [-0.4, -0.2) is 14.8 Å². The fourth-order valence-electron chi connectivity index (χ4n) is 1.16. The van der Waals surface area contributed by atoms with Gasteiger partial charge in [-0.2, -0.15) is 0 Å². The van der Waals surface area contributed by atoms with Crippen LogP contribution in [0, 0.1) is 34.1 Å². The largest absolute Gasteiger partial charge is 0.300 e. The molecule has 1 heterocycles. The molecule has 1 aromatic heterocycles. The molecular weight excluding hydrogens is 190 g/mol. The van der Waals surface area contributed by atoms with Crippen molar-refractivity contribution < 1.29 is 9.85 Å². The molecule has 0 aliphatic carbocycles. The highest BCUT2D eigenvalue weighted by molar-refractivity contribution is 5.53. The number of nitrogens with zero attached hydrogens (tertiary/aromatic N) is 3. The third-order valence-corrected chi connectivity index (χ3v) is 1.84. The summed E-state index contributed by atoms with van der Waals surface area (Å²) in [5, 5.41) is 21.0. The third-order valence-electron chi connectivity index (χ3n) is 1.84. The lowest BCUT2D eigenvalue weighted by atomic mass is 10.2. The van der Waals surface area contributed by atoms with Gasteiger partial charge in [-0.1, -0.05) is 0 Å². The van der Waals surface area contributed by atoms with Crippen molar-refractivity contribution in [3.63, 3.8) is 0 Å². The van der Waals surface area contributed by atoms with Gasteiger partial charge in [-0.15, -0.1) is 0 Å². The number of rotatable bonds is 2. The van der Waals surface area contributed by atoms with Crippen LogP contribution in [0.2, 0.25) is 0 Å². The molecule has 1 aromatic rings. The lowest BCUT2D eigenvalue weighted by Crippen LogP contribution is -2.01. The molecule has 74 valence electrons. The predicted molar refractivity (Wildman–Crippen MR) is 47.0 cm³/mol. The number of aryl methyl sites for hydroxylation is 1. The van der Waals surface area contributed by atoms with Gasteiger partial charge in [0, 0.05) is 0 Å². The molecule has 0 aliphatic rings. The maximum Gasteiger partial charge on any atom is 0.300 e. The van der Waals surface area contributed by atoms with E-state index in [2.05, 4.69) is 4.98 Å². The smallest absolute Gasteiger partial charge is 0.258 e. The zero-order chi connectivity index (χ0) is 10.9. The summed E-state index contributed by atoms with van der Waals surface area (Å²) in [5.74, 6) is 0. The van der Waals surface area contributed by atoms with Gasteiger partial charge >= 0.3 is 0 Å². The second kappa shape index (κ2) is 3.36. The van der Waals surface area contributed by atoms with Crippen molar-refractivity contribution >= 4 is 11.4 Å². The van der Waals surface area contributed by atoms with E-state index in [0.29, 0.717) is 0 Å². The summed E-state index contributed by atoms with van der Waals surface area (Å²) in [6.45, 7) is 2.78. The number of nitro groups is 2. The SMILES string of the molecule is Cc1ncc([N+](=O)[O-])c(C)c1[N+](=O)[O-]. The van der Waals surface area contributed by atoms with Crippen molar-refractivity contribution in [2.24, 2.45) is 0 Å². The van der Waals surface area contributed by atoms with Gasteiger partial charge in [0.2, 0.25) is 0 Å². The second-order valence-corrected chi connectivity index (χ2v) is 2.72. The van der Waals surface area contributed by atoms with Crippen LogP contribution in [0.25, 0.3) is 0 Å². The van der Waals surface area contributed by atoms with E-state index in [0.717, 1.165) is 6.20 Å². The molecule has 0 aliphatic heterocycles. The quantitative estimate of drug-likeness (QED) is 0.528. The summed E-state index contributed by atoms with van der Waals surface area (Å²) in [5.41, 5.74) is -0.410. The number of hydrogen-bond donors (Lipinski definition) is 0. The van der Waals surface area contributed by atoms with Gasteiger partial charge in [0.05, 0.1) is 9.85 Å². The summed E-state index contributed by atoms with van der Waals surface area (Å²) in [4.78, 5) is 23.3. The Morgan fingerprint density at radius 1 is 1.21 bits per heavy atom. The first-order chi connectivity index (χ1) is 6.45. The summed E-state index contributed by atoms with van der Waals surface area (Å²) in [7, 11) is 0. The van der Waals surface area contributed by atoms with E-state index in [9.17, 15) is 20.2 Å². The molecule has 0 fully saturated rings. The van der Waals surface area contributed by atoms with Crippen LogP contribution in [0.5, 0.6) is 0 Å². The van der Waals surface area contributed by atoms with Crippen molar-refractivity contribution in [3.05, 3.63) is 37.7 Å². The highest BCUT2D eigenvalue weighted by Gasteiger charge is 2.24. The first-order valence-corrected chi connectivity index (χ1v) is 3.70. The minimum Gasteiger partial charge on any atom is -0.258 e. The van der Waals surface area contributed by atoms with Gasteiger partial charge in [-0.25, -0.2) is 4.98 Å². The minimum atomic E-state index is -0.686. The van der Waals surface area contributed by atoms with Gasteiger partial charge in [-0.3, -0.25) is 20.2 Å². The van der Waals surface area contributed by atoms with E-state index < -0.39 is 9.85 Å². The zero-order valence-corrected chi connectivity index (χ0v) is 7.55. The Labute approximate surface area is 78.7 Å². The molecule has 0 atom stereocenters. The average molecular weight is 197 g/mol. The molecule has 0 unspecified atom stereocenters. The molecule has 1 rings (SSSR count). The van der Waals surface area contributed by atoms with Crippen molar-refractivity contribution in [2.45, 2.75) is 13.8 Å². The molecule has 0 N–H and O–H groups in total. The minimum absolute atomic E-state index is 0.0347. The number of hydrogen-bond acceptors (Lipinski definition) is 5. The van der Waals surface area contributed by atoms with E-state index in [1.165, 1.54) is 13.8 Å². The molecule has 0 amide bonds. The van der Waals surface area contributed by atoms with Crippen molar-refractivity contribution in [3.8, 4) is 0 Å². The summed E-state index contributed by atoms with van der Waals surface area (Å²) in [6.07, 6.45) is 1.03. The maximum atomic E-state index is 10.6. The van der Waals surface area contributed by atoms with Crippen LogP contribution in [0.15, 0.2) is 6.20 Å². The van der Waals surface area contributed by atoms with Crippen LogP contribution in [-0.2, 0) is 0 Å². The second-order valence-electron chi connectivity index (χ2n) is 2.72. The van der Waals surface area contributed by atoms with E-state index in [-0.39, 0.29) is 22.6 Å². The summed E-state index contributed by atoms with van der Waals surface area (Å²) < 4.78 is 0. The lowest BCUT2D eigenvalue weighted by Gasteiger charge is -2.00. The number of pyridine rings is 1. The fraction of sp³-hybridized carbons (Fsp3) is 0.286. The van der Waals surface area contributed by atoms with Gasteiger partial charge in [-0.05, 0) is 13.8 Å². The van der Waals surface area contributed by atoms with Crippen molar-refractivity contribution in [2.75, 3.05) is 0 Å². The van der Waals surface area contributed by atoms with Crippen LogP contribution < -0.4 is 0 Å². The molecule has 0 saturated carbocycles. The molecular formula is C7H7N3O4. The number of aromatic nitrogens is 1. The van der Waals surface area contributed by atoms with Crippen LogP contribution >= 0.6 is 0 Å². The van der Waals surface area contributed by atoms with Crippen LogP contribution in [0.3, 0.4) is 0 Å². The third kappa shape index (κ3) is 1.51. The topological polar surface area (TPSA) is 99.2 Å². The summed E-state index contributed by atoms with van der Waals surface area (Å²) >= 11 is 0. The van der Waals surface area contributed by atoms with Crippen molar-refractivity contribution in [1.82, 2.24) is 4.98 Å².